The molecule has 1 atom stereocenters. The maximum Gasteiger partial charge on any atom is 0.262 e. The van der Waals surface area contributed by atoms with Crippen LogP contribution < -0.4 is 15.4 Å². The van der Waals surface area contributed by atoms with Gasteiger partial charge in [0.05, 0.1) is 23.9 Å². The number of nitrogens with one attached hydrogen (secondary N) is 1. The van der Waals surface area contributed by atoms with Crippen LogP contribution in [0.4, 0.5) is 5.69 Å². The zero-order chi connectivity index (χ0) is 30.9. The molecule has 2 aromatic heterocycles. The molecular weight excluding hydrogens is 562 g/mol. The Hall–Kier alpha value is -4.53. The summed E-state index contributed by atoms with van der Waals surface area (Å²) in [5, 5.41) is 10.9. The Morgan fingerprint density at radius 1 is 1.04 bits per heavy atom. The van der Waals surface area contributed by atoms with Crippen molar-refractivity contribution in [1.82, 2.24) is 15.0 Å². The van der Waals surface area contributed by atoms with Gasteiger partial charge in [-0.2, -0.15) is 0 Å². The van der Waals surface area contributed by atoms with Crippen LogP contribution in [-0.4, -0.2) is 51.8 Å². The van der Waals surface area contributed by atoms with Gasteiger partial charge in [0.2, 0.25) is 0 Å². The predicted octanol–water partition coefficient (Wildman–Crippen LogP) is 6.55. The number of hydrogen-bond donors (Lipinski definition) is 3. The van der Waals surface area contributed by atoms with E-state index in [0.29, 0.717) is 43.3 Å². The van der Waals surface area contributed by atoms with Gasteiger partial charge in [0, 0.05) is 22.3 Å². The number of aliphatic hydroxyl groups is 1. The van der Waals surface area contributed by atoms with Crippen LogP contribution in [0.2, 0.25) is 0 Å². The molecular formula is C37H39N5O3. The number of aromatic nitrogens is 3. The smallest absolute Gasteiger partial charge is 0.262 e. The monoisotopic (exact) mass is 601 g/mol. The standard InChI is InChI=1S/C37H39N5O3/c1-23-29(6-3-7-33(23)42-18-19-45-34-20-27(25-12-13-25)14-15-30(34)37(42)44)35-31-21-32(41-36(31)40-22-39-35)26-10-8-24(9-11-26)4-2-5-28(43)16-17-38/h3,6-11,14-15,20-22,25,28,43H,2,4-5,12-13,16-19,38H2,1H3,(H,39,40,41). The molecule has 8 nitrogen and oxygen atoms in total. The van der Waals surface area contributed by atoms with Crippen molar-refractivity contribution in [1.29, 1.82) is 0 Å². The van der Waals surface area contributed by atoms with Gasteiger partial charge < -0.3 is 25.5 Å². The summed E-state index contributed by atoms with van der Waals surface area (Å²) in [4.78, 5) is 28.4. The van der Waals surface area contributed by atoms with Crippen molar-refractivity contribution < 1.29 is 14.6 Å². The number of rotatable bonds is 10. The zero-order valence-corrected chi connectivity index (χ0v) is 25.6. The Labute approximate surface area is 263 Å². The summed E-state index contributed by atoms with van der Waals surface area (Å²) in [6, 6.07) is 22.7. The Morgan fingerprint density at radius 2 is 1.89 bits per heavy atom. The average molecular weight is 602 g/mol. The van der Waals surface area contributed by atoms with Crippen LogP contribution in [0.5, 0.6) is 5.75 Å². The molecule has 5 aromatic rings. The van der Waals surface area contributed by atoms with Crippen molar-refractivity contribution in [3.63, 3.8) is 0 Å². The third-order valence-electron chi connectivity index (χ3n) is 9.15. The number of fused-ring (bicyclic) bond motifs is 2. The molecule has 0 spiro atoms. The molecule has 8 heteroatoms. The van der Waals surface area contributed by atoms with E-state index in [0.717, 1.165) is 64.1 Å². The van der Waals surface area contributed by atoms with Crippen molar-refractivity contribution >= 4 is 22.6 Å². The number of amides is 1. The summed E-state index contributed by atoms with van der Waals surface area (Å²) in [7, 11) is 0. The van der Waals surface area contributed by atoms with E-state index in [4.69, 9.17) is 15.5 Å². The highest BCUT2D eigenvalue weighted by Crippen LogP contribution is 2.42. The van der Waals surface area contributed by atoms with E-state index < -0.39 is 0 Å². The molecule has 0 bridgehead atoms. The number of carbonyl (C=O) groups excluding carboxylic acids is 1. The highest BCUT2D eigenvalue weighted by Gasteiger charge is 2.30. The third-order valence-corrected chi connectivity index (χ3v) is 9.15. The molecule has 1 fully saturated rings. The zero-order valence-electron chi connectivity index (χ0n) is 25.6. The van der Waals surface area contributed by atoms with E-state index in [1.54, 1.807) is 6.33 Å². The second-order valence-electron chi connectivity index (χ2n) is 12.3. The molecule has 2 aliphatic rings. The minimum Gasteiger partial charge on any atom is -0.491 e. The van der Waals surface area contributed by atoms with Gasteiger partial charge in [-0.1, -0.05) is 42.5 Å². The topological polar surface area (TPSA) is 117 Å². The number of anilines is 1. The molecule has 1 aliphatic carbocycles. The number of H-pyrrole nitrogens is 1. The van der Waals surface area contributed by atoms with Gasteiger partial charge in [0.1, 0.15) is 24.3 Å². The lowest BCUT2D eigenvalue weighted by atomic mass is 9.99. The molecule has 3 heterocycles. The minimum atomic E-state index is -0.323. The summed E-state index contributed by atoms with van der Waals surface area (Å²) in [6.07, 6.45) is 6.93. The van der Waals surface area contributed by atoms with Gasteiger partial charge in [0.15, 0.2) is 0 Å². The number of hydrogen-bond acceptors (Lipinski definition) is 6. The van der Waals surface area contributed by atoms with E-state index in [2.05, 4.69) is 65.4 Å². The molecule has 0 saturated heterocycles. The Balaban J connectivity index is 1.15. The fourth-order valence-corrected chi connectivity index (χ4v) is 6.44. The van der Waals surface area contributed by atoms with E-state index >= 15 is 0 Å². The lowest BCUT2D eigenvalue weighted by Crippen LogP contribution is -2.33. The number of aliphatic hydroxyl groups excluding tert-OH is 1. The lowest BCUT2D eigenvalue weighted by Gasteiger charge is -2.23. The first-order chi connectivity index (χ1) is 22.0. The molecule has 0 radical (unpaired) electrons. The molecule has 7 rings (SSSR count). The van der Waals surface area contributed by atoms with E-state index in [1.807, 2.05) is 23.1 Å². The number of carbonyl (C=O) groups is 1. The molecule has 1 amide bonds. The molecule has 1 aliphatic heterocycles. The molecule has 3 aromatic carbocycles. The first-order valence-corrected chi connectivity index (χ1v) is 16.0. The quantitative estimate of drug-likeness (QED) is 0.167. The van der Waals surface area contributed by atoms with Gasteiger partial charge in [-0.05, 0) is 104 Å². The number of aryl methyl sites for hydroxylation is 1. The van der Waals surface area contributed by atoms with Crippen LogP contribution >= 0.6 is 0 Å². The van der Waals surface area contributed by atoms with Crippen molar-refractivity contribution in [2.75, 3.05) is 24.6 Å². The second-order valence-corrected chi connectivity index (χ2v) is 12.3. The summed E-state index contributed by atoms with van der Waals surface area (Å²) in [5.41, 5.74) is 15.1. The number of aromatic amines is 1. The maximum atomic E-state index is 13.8. The van der Waals surface area contributed by atoms with Crippen LogP contribution in [0, 0.1) is 6.92 Å². The third kappa shape index (κ3) is 5.95. The van der Waals surface area contributed by atoms with Crippen molar-refractivity contribution in [3.8, 4) is 28.3 Å². The highest BCUT2D eigenvalue weighted by molar-refractivity contribution is 6.09. The van der Waals surface area contributed by atoms with Crippen LogP contribution in [0.25, 0.3) is 33.5 Å². The Bertz CT molecular complexity index is 1840. The summed E-state index contributed by atoms with van der Waals surface area (Å²) < 4.78 is 6.09. The predicted molar refractivity (Wildman–Crippen MR) is 178 cm³/mol. The average Bonchev–Trinajstić information content (AvgIpc) is 3.83. The van der Waals surface area contributed by atoms with Crippen molar-refractivity contribution in [3.05, 3.63) is 95.3 Å². The van der Waals surface area contributed by atoms with Crippen LogP contribution in [0.3, 0.4) is 0 Å². The Kier molecular flexibility index (Phi) is 8.08. The van der Waals surface area contributed by atoms with E-state index in [-0.39, 0.29) is 12.0 Å². The first kappa shape index (κ1) is 29.2. The number of ether oxygens (including phenoxy) is 1. The molecule has 1 saturated carbocycles. The van der Waals surface area contributed by atoms with Gasteiger partial charge in [0.25, 0.3) is 5.91 Å². The Morgan fingerprint density at radius 3 is 2.69 bits per heavy atom. The number of benzene rings is 3. The van der Waals surface area contributed by atoms with Gasteiger partial charge in [-0.3, -0.25) is 4.79 Å². The van der Waals surface area contributed by atoms with E-state index in [9.17, 15) is 9.90 Å². The second kappa shape index (κ2) is 12.5. The lowest BCUT2D eigenvalue weighted by molar-refractivity contribution is 0.0989. The van der Waals surface area contributed by atoms with Gasteiger partial charge in [-0.15, -0.1) is 0 Å². The van der Waals surface area contributed by atoms with Crippen LogP contribution in [0.1, 0.15) is 65.1 Å². The van der Waals surface area contributed by atoms with Crippen molar-refractivity contribution in [2.45, 2.75) is 57.5 Å². The summed E-state index contributed by atoms with van der Waals surface area (Å²) in [5.74, 6) is 1.24. The normalized spacial score (nSPS) is 15.5. The fourth-order valence-electron chi connectivity index (χ4n) is 6.44. The maximum absolute atomic E-state index is 13.8. The van der Waals surface area contributed by atoms with Gasteiger partial charge in [-0.25, -0.2) is 9.97 Å². The van der Waals surface area contributed by atoms with Gasteiger partial charge >= 0.3 is 0 Å². The van der Waals surface area contributed by atoms with E-state index in [1.165, 1.54) is 24.0 Å². The largest absolute Gasteiger partial charge is 0.491 e. The fraction of sp³-hybridized carbons (Fsp3) is 0.324. The molecule has 45 heavy (non-hydrogen) atoms. The van der Waals surface area contributed by atoms with Crippen LogP contribution in [0.15, 0.2) is 73.1 Å². The van der Waals surface area contributed by atoms with Crippen molar-refractivity contribution in [2.24, 2.45) is 5.73 Å². The summed E-state index contributed by atoms with van der Waals surface area (Å²) in [6.45, 7) is 3.47. The molecule has 230 valence electrons. The SMILES string of the molecule is Cc1c(-c2ncnc3[nH]c(-c4ccc(CCCC(O)CCN)cc4)cc23)cccc1N1CCOc2cc(C3CC3)ccc2C1=O. The number of nitrogens with zero attached hydrogens (tertiary/aromatic N) is 3. The van der Waals surface area contributed by atoms with Crippen LogP contribution in [-0.2, 0) is 6.42 Å². The summed E-state index contributed by atoms with van der Waals surface area (Å²) >= 11 is 0. The molecule has 4 N–H and O–H groups in total. The number of nitrogens with two attached hydrogens (primary N) is 1. The highest BCUT2D eigenvalue weighted by atomic mass is 16.5. The molecule has 1 unspecified atom stereocenters. The first-order valence-electron chi connectivity index (χ1n) is 16.0. The minimum absolute atomic E-state index is 0.0444.